The van der Waals surface area contributed by atoms with Crippen molar-refractivity contribution >= 4 is 22.4 Å². The summed E-state index contributed by atoms with van der Waals surface area (Å²) in [6.07, 6.45) is 0. The Morgan fingerprint density at radius 1 is 0.900 bits per heavy atom. The third-order valence-electron chi connectivity index (χ3n) is 3.45. The van der Waals surface area contributed by atoms with E-state index in [-0.39, 0.29) is 5.82 Å². The fourth-order valence-corrected chi connectivity index (χ4v) is 2.72. The van der Waals surface area contributed by atoms with E-state index in [0.717, 1.165) is 27.5 Å². The quantitative estimate of drug-likeness (QED) is 0.722. The second kappa shape index (κ2) is 5.23. The second-order valence-electron chi connectivity index (χ2n) is 4.65. The van der Waals surface area contributed by atoms with E-state index in [9.17, 15) is 4.39 Å². The molecular weight excluding hydrogens is 273 g/mol. The van der Waals surface area contributed by atoms with Gasteiger partial charge in [0.1, 0.15) is 5.82 Å². The maximum absolute atomic E-state index is 13.4. The summed E-state index contributed by atoms with van der Waals surface area (Å²) in [6, 6.07) is 16.4. The molecule has 0 fully saturated rings. The maximum Gasteiger partial charge on any atom is 0.123 e. The smallest absolute Gasteiger partial charge is 0.123 e. The molecule has 20 heavy (non-hydrogen) atoms. The maximum atomic E-state index is 13.4. The van der Waals surface area contributed by atoms with Gasteiger partial charge in [-0.15, -0.1) is 0 Å². The molecule has 3 aromatic carbocycles. The highest BCUT2D eigenvalue weighted by Crippen LogP contribution is 2.34. The number of rotatable bonds is 2. The molecule has 0 bridgehead atoms. The minimum Gasteiger partial charge on any atom is -0.326 e. The van der Waals surface area contributed by atoms with Gasteiger partial charge in [-0.3, -0.25) is 0 Å². The van der Waals surface area contributed by atoms with Crippen LogP contribution in [0.3, 0.4) is 0 Å². The summed E-state index contributed by atoms with van der Waals surface area (Å²) in [4.78, 5) is 0. The SMILES string of the molecule is NCc1cc(F)ccc1-c1ccc(Cl)c2ccccc12. The zero-order chi connectivity index (χ0) is 14.1. The van der Waals surface area contributed by atoms with Gasteiger partial charge in [-0.25, -0.2) is 4.39 Å². The minimum absolute atomic E-state index is 0.271. The van der Waals surface area contributed by atoms with Gasteiger partial charge in [0.25, 0.3) is 0 Å². The summed E-state index contributed by atoms with van der Waals surface area (Å²) in [6.45, 7) is 0.296. The molecule has 0 spiro atoms. The Hall–Kier alpha value is -1.90. The Morgan fingerprint density at radius 2 is 1.60 bits per heavy atom. The molecule has 0 aliphatic carbocycles. The van der Waals surface area contributed by atoms with E-state index in [1.54, 1.807) is 6.07 Å². The van der Waals surface area contributed by atoms with E-state index in [4.69, 9.17) is 17.3 Å². The lowest BCUT2D eigenvalue weighted by Crippen LogP contribution is -2.00. The molecular formula is C17H13ClFN. The van der Waals surface area contributed by atoms with Crippen LogP contribution < -0.4 is 5.73 Å². The van der Waals surface area contributed by atoms with Crippen LogP contribution in [-0.4, -0.2) is 0 Å². The fraction of sp³-hybridized carbons (Fsp3) is 0.0588. The molecule has 0 heterocycles. The lowest BCUT2D eigenvalue weighted by atomic mass is 9.94. The number of benzene rings is 3. The monoisotopic (exact) mass is 285 g/mol. The van der Waals surface area contributed by atoms with Gasteiger partial charge >= 0.3 is 0 Å². The van der Waals surface area contributed by atoms with Crippen molar-refractivity contribution in [2.45, 2.75) is 6.54 Å². The molecule has 0 aliphatic rings. The first-order chi connectivity index (χ1) is 9.70. The Morgan fingerprint density at radius 3 is 2.35 bits per heavy atom. The predicted molar refractivity (Wildman–Crippen MR) is 82.2 cm³/mol. The molecule has 0 aliphatic heterocycles. The average molecular weight is 286 g/mol. The molecule has 100 valence electrons. The van der Waals surface area contributed by atoms with Crippen LogP contribution in [0.15, 0.2) is 54.6 Å². The average Bonchev–Trinajstić information content (AvgIpc) is 2.48. The molecule has 3 rings (SSSR count). The largest absolute Gasteiger partial charge is 0.326 e. The topological polar surface area (TPSA) is 26.0 Å². The van der Waals surface area contributed by atoms with E-state index >= 15 is 0 Å². The summed E-state index contributed by atoms with van der Waals surface area (Å²) >= 11 is 6.23. The number of nitrogens with two attached hydrogens (primary N) is 1. The number of hydrogen-bond donors (Lipinski definition) is 1. The van der Waals surface area contributed by atoms with E-state index in [1.807, 2.05) is 36.4 Å². The van der Waals surface area contributed by atoms with E-state index in [2.05, 4.69) is 0 Å². The second-order valence-corrected chi connectivity index (χ2v) is 5.05. The summed E-state index contributed by atoms with van der Waals surface area (Å²) in [5.74, 6) is -0.271. The standard InChI is InChI=1S/C17H13ClFN/c18-17-8-7-15(14-3-1-2-4-16(14)17)13-6-5-12(19)9-11(13)10-20/h1-9H,10,20H2. The van der Waals surface area contributed by atoms with E-state index in [0.29, 0.717) is 11.6 Å². The summed E-state index contributed by atoms with van der Waals surface area (Å²) < 4.78 is 13.4. The van der Waals surface area contributed by atoms with Crippen LogP contribution in [0.5, 0.6) is 0 Å². The van der Waals surface area contributed by atoms with Gasteiger partial charge in [0.2, 0.25) is 0 Å². The summed E-state index contributed by atoms with van der Waals surface area (Å²) in [5, 5.41) is 2.74. The van der Waals surface area contributed by atoms with Crippen molar-refractivity contribution < 1.29 is 4.39 Å². The molecule has 0 atom stereocenters. The highest BCUT2D eigenvalue weighted by atomic mass is 35.5. The molecule has 0 saturated carbocycles. The lowest BCUT2D eigenvalue weighted by Gasteiger charge is -2.12. The highest BCUT2D eigenvalue weighted by molar-refractivity contribution is 6.36. The van der Waals surface area contributed by atoms with Crippen molar-refractivity contribution in [3.63, 3.8) is 0 Å². The van der Waals surface area contributed by atoms with E-state index in [1.165, 1.54) is 12.1 Å². The van der Waals surface area contributed by atoms with Crippen LogP contribution in [0, 0.1) is 5.82 Å². The van der Waals surface area contributed by atoms with Crippen molar-refractivity contribution in [1.29, 1.82) is 0 Å². The Kier molecular flexibility index (Phi) is 3.43. The molecule has 1 nitrogen and oxygen atoms in total. The van der Waals surface area contributed by atoms with Crippen molar-refractivity contribution in [2.75, 3.05) is 0 Å². The summed E-state index contributed by atoms with van der Waals surface area (Å²) in [7, 11) is 0. The van der Waals surface area contributed by atoms with Gasteiger partial charge in [0, 0.05) is 17.0 Å². The molecule has 0 saturated heterocycles. The third kappa shape index (κ3) is 2.17. The van der Waals surface area contributed by atoms with Gasteiger partial charge < -0.3 is 5.73 Å². The zero-order valence-electron chi connectivity index (χ0n) is 10.7. The van der Waals surface area contributed by atoms with Gasteiger partial charge in [0.15, 0.2) is 0 Å². The van der Waals surface area contributed by atoms with Crippen LogP contribution in [0.2, 0.25) is 5.02 Å². The van der Waals surface area contributed by atoms with Crippen LogP contribution in [0.4, 0.5) is 4.39 Å². The Labute approximate surface area is 121 Å². The van der Waals surface area contributed by atoms with Gasteiger partial charge in [-0.2, -0.15) is 0 Å². The van der Waals surface area contributed by atoms with Crippen LogP contribution in [-0.2, 0) is 6.54 Å². The molecule has 3 heteroatoms. The minimum atomic E-state index is -0.271. The van der Waals surface area contributed by atoms with Crippen LogP contribution in [0.1, 0.15) is 5.56 Å². The normalized spacial score (nSPS) is 10.9. The van der Waals surface area contributed by atoms with E-state index < -0.39 is 0 Å². The van der Waals surface area contributed by atoms with Crippen molar-refractivity contribution in [1.82, 2.24) is 0 Å². The van der Waals surface area contributed by atoms with Gasteiger partial charge in [-0.1, -0.05) is 48.0 Å². The number of halogens is 2. The van der Waals surface area contributed by atoms with Gasteiger partial charge in [0.05, 0.1) is 0 Å². The zero-order valence-corrected chi connectivity index (χ0v) is 11.5. The first-order valence-electron chi connectivity index (χ1n) is 6.37. The molecule has 2 N–H and O–H groups in total. The van der Waals surface area contributed by atoms with Gasteiger partial charge in [-0.05, 0) is 40.3 Å². The van der Waals surface area contributed by atoms with Crippen LogP contribution in [0.25, 0.3) is 21.9 Å². The first-order valence-corrected chi connectivity index (χ1v) is 6.74. The summed E-state index contributed by atoms with van der Waals surface area (Å²) in [5.41, 5.74) is 8.49. The molecule has 0 aromatic heterocycles. The number of fused-ring (bicyclic) bond motifs is 1. The molecule has 3 aromatic rings. The lowest BCUT2D eigenvalue weighted by molar-refractivity contribution is 0.625. The van der Waals surface area contributed by atoms with Crippen molar-refractivity contribution in [3.8, 4) is 11.1 Å². The van der Waals surface area contributed by atoms with Crippen molar-refractivity contribution in [2.24, 2.45) is 5.73 Å². The third-order valence-corrected chi connectivity index (χ3v) is 3.78. The first kappa shape index (κ1) is 13.1. The highest BCUT2D eigenvalue weighted by Gasteiger charge is 2.10. The fourth-order valence-electron chi connectivity index (χ4n) is 2.49. The number of hydrogen-bond acceptors (Lipinski definition) is 1. The predicted octanol–water partition coefficient (Wildman–Crippen LogP) is 4.76. The van der Waals surface area contributed by atoms with Crippen molar-refractivity contribution in [3.05, 3.63) is 71.0 Å². The van der Waals surface area contributed by atoms with Crippen LogP contribution >= 0.6 is 11.6 Å². The molecule has 0 unspecified atom stereocenters. The molecule has 0 amide bonds. The molecule has 0 radical (unpaired) electrons. The Bertz CT molecular complexity index is 783. The Balaban J connectivity index is 2.33.